The first-order valence-corrected chi connectivity index (χ1v) is 4.30. The zero-order valence-corrected chi connectivity index (χ0v) is 7.99. The molecule has 0 bridgehead atoms. The number of aliphatic hydroxyl groups is 1. The Morgan fingerprint density at radius 3 is 2.47 bits per heavy atom. The number of aliphatic hydroxyl groups excluding tert-OH is 1. The first-order valence-electron chi connectivity index (χ1n) is 4.30. The van der Waals surface area contributed by atoms with E-state index in [0.717, 1.165) is 6.07 Å². The van der Waals surface area contributed by atoms with Crippen molar-refractivity contribution >= 4 is 0 Å². The molecule has 0 aromatic carbocycles. The van der Waals surface area contributed by atoms with Crippen LogP contribution in [0.2, 0.25) is 0 Å². The highest BCUT2D eigenvalue weighted by molar-refractivity contribution is 5.16. The van der Waals surface area contributed by atoms with Crippen molar-refractivity contribution in [3.8, 4) is 0 Å². The molecule has 0 fully saturated rings. The topological polar surface area (TPSA) is 59.1 Å². The van der Waals surface area contributed by atoms with E-state index < -0.39 is 24.0 Å². The van der Waals surface area contributed by atoms with Gasteiger partial charge in [-0.1, -0.05) is 6.07 Å². The maximum atomic E-state index is 12.3. The van der Waals surface area contributed by atoms with Gasteiger partial charge in [-0.05, 0) is 19.1 Å². The summed E-state index contributed by atoms with van der Waals surface area (Å²) >= 11 is 0. The molecule has 2 atom stereocenters. The van der Waals surface area contributed by atoms with Crippen molar-refractivity contribution < 1.29 is 18.3 Å². The van der Waals surface area contributed by atoms with Gasteiger partial charge in [0.25, 0.3) is 0 Å². The lowest BCUT2D eigenvalue weighted by Gasteiger charge is -2.15. The summed E-state index contributed by atoms with van der Waals surface area (Å²) in [6.07, 6.45) is -5.44. The standard InChI is InChI=1S/C9H11F3N2O/c1-5(15)8(13)6-3-2-4-7(14-6)9(10,11)12/h2-5,8,15H,13H2,1H3/t5?,8-/m1/s1. The maximum absolute atomic E-state index is 12.3. The number of aromatic nitrogens is 1. The number of alkyl halides is 3. The molecule has 1 unspecified atom stereocenters. The van der Waals surface area contributed by atoms with E-state index in [1.54, 1.807) is 0 Å². The number of hydrogen-bond acceptors (Lipinski definition) is 3. The third-order valence-corrected chi connectivity index (χ3v) is 1.92. The Balaban J connectivity index is 3.03. The maximum Gasteiger partial charge on any atom is 0.433 e. The van der Waals surface area contributed by atoms with Gasteiger partial charge < -0.3 is 10.8 Å². The lowest BCUT2D eigenvalue weighted by Crippen LogP contribution is -2.25. The lowest BCUT2D eigenvalue weighted by atomic mass is 10.1. The average Bonchev–Trinajstić information content (AvgIpc) is 2.15. The van der Waals surface area contributed by atoms with E-state index in [0.29, 0.717) is 0 Å². The Morgan fingerprint density at radius 2 is 2.00 bits per heavy atom. The van der Waals surface area contributed by atoms with Gasteiger partial charge in [0.2, 0.25) is 0 Å². The Labute approximate surface area is 84.7 Å². The van der Waals surface area contributed by atoms with E-state index in [2.05, 4.69) is 4.98 Å². The van der Waals surface area contributed by atoms with Crippen molar-refractivity contribution in [2.45, 2.75) is 25.2 Å². The Morgan fingerprint density at radius 1 is 1.40 bits per heavy atom. The van der Waals surface area contributed by atoms with E-state index in [4.69, 9.17) is 10.8 Å². The number of rotatable bonds is 2. The van der Waals surface area contributed by atoms with Crippen molar-refractivity contribution in [1.82, 2.24) is 4.98 Å². The molecule has 1 aromatic heterocycles. The molecule has 0 spiro atoms. The van der Waals surface area contributed by atoms with Crippen LogP contribution >= 0.6 is 0 Å². The number of halogens is 3. The van der Waals surface area contributed by atoms with Gasteiger partial charge in [-0.15, -0.1) is 0 Å². The monoisotopic (exact) mass is 220 g/mol. The summed E-state index contributed by atoms with van der Waals surface area (Å²) in [6, 6.07) is 2.52. The van der Waals surface area contributed by atoms with E-state index >= 15 is 0 Å². The number of pyridine rings is 1. The van der Waals surface area contributed by atoms with Crippen LogP contribution in [-0.2, 0) is 6.18 Å². The smallest absolute Gasteiger partial charge is 0.391 e. The van der Waals surface area contributed by atoms with Crippen LogP contribution in [0.3, 0.4) is 0 Å². The third kappa shape index (κ3) is 2.90. The second-order valence-electron chi connectivity index (χ2n) is 3.21. The van der Waals surface area contributed by atoms with Crippen LogP contribution in [0.15, 0.2) is 18.2 Å². The minimum atomic E-state index is -4.49. The summed E-state index contributed by atoms with van der Waals surface area (Å²) < 4.78 is 36.8. The molecule has 1 aromatic rings. The van der Waals surface area contributed by atoms with Gasteiger partial charge in [0, 0.05) is 0 Å². The Kier molecular flexibility index (Phi) is 3.31. The molecule has 0 radical (unpaired) electrons. The lowest BCUT2D eigenvalue weighted by molar-refractivity contribution is -0.141. The Bertz CT molecular complexity index is 338. The van der Waals surface area contributed by atoms with Crippen LogP contribution < -0.4 is 5.73 Å². The zero-order chi connectivity index (χ0) is 11.6. The van der Waals surface area contributed by atoms with Crippen LogP contribution in [0.1, 0.15) is 24.4 Å². The molecule has 6 heteroatoms. The van der Waals surface area contributed by atoms with Gasteiger partial charge in [0.15, 0.2) is 0 Å². The highest BCUT2D eigenvalue weighted by Gasteiger charge is 2.32. The van der Waals surface area contributed by atoms with Crippen molar-refractivity contribution in [2.24, 2.45) is 5.73 Å². The summed E-state index contributed by atoms with van der Waals surface area (Å²) in [4.78, 5) is 3.36. The molecule has 15 heavy (non-hydrogen) atoms. The quantitative estimate of drug-likeness (QED) is 0.793. The van der Waals surface area contributed by atoms with Crippen molar-refractivity contribution in [2.75, 3.05) is 0 Å². The van der Waals surface area contributed by atoms with Gasteiger partial charge >= 0.3 is 6.18 Å². The highest BCUT2D eigenvalue weighted by Crippen LogP contribution is 2.28. The fourth-order valence-electron chi connectivity index (χ4n) is 1.04. The summed E-state index contributed by atoms with van der Waals surface area (Å²) in [5.74, 6) is 0. The molecule has 84 valence electrons. The number of hydrogen-bond donors (Lipinski definition) is 2. The van der Waals surface area contributed by atoms with Crippen molar-refractivity contribution in [3.05, 3.63) is 29.6 Å². The summed E-state index contributed by atoms with van der Waals surface area (Å²) in [7, 11) is 0. The first kappa shape index (κ1) is 11.9. The minimum Gasteiger partial charge on any atom is -0.391 e. The fourth-order valence-corrected chi connectivity index (χ4v) is 1.04. The van der Waals surface area contributed by atoms with Crippen LogP contribution in [0.25, 0.3) is 0 Å². The van der Waals surface area contributed by atoms with Crippen LogP contribution in [0.4, 0.5) is 13.2 Å². The second kappa shape index (κ2) is 4.16. The SMILES string of the molecule is CC(O)[C@@H](N)c1cccc(C(F)(F)F)n1. The van der Waals surface area contributed by atoms with Gasteiger partial charge in [0.1, 0.15) is 5.69 Å². The summed E-state index contributed by atoms with van der Waals surface area (Å²) in [5.41, 5.74) is 4.49. The van der Waals surface area contributed by atoms with Crippen molar-refractivity contribution in [1.29, 1.82) is 0 Å². The first-order chi connectivity index (χ1) is 6.82. The van der Waals surface area contributed by atoms with E-state index in [1.165, 1.54) is 19.1 Å². The average molecular weight is 220 g/mol. The summed E-state index contributed by atoms with van der Waals surface area (Å²) in [6.45, 7) is 1.40. The van der Waals surface area contributed by atoms with E-state index in [-0.39, 0.29) is 5.69 Å². The molecule has 1 heterocycles. The molecule has 0 saturated heterocycles. The molecule has 0 aliphatic rings. The second-order valence-corrected chi connectivity index (χ2v) is 3.21. The van der Waals surface area contributed by atoms with Crippen LogP contribution in [0, 0.1) is 0 Å². The molecule has 0 saturated carbocycles. The zero-order valence-electron chi connectivity index (χ0n) is 7.99. The molecule has 0 amide bonds. The van der Waals surface area contributed by atoms with Crippen LogP contribution in [0.5, 0.6) is 0 Å². The van der Waals surface area contributed by atoms with E-state index in [9.17, 15) is 13.2 Å². The molecule has 0 aliphatic carbocycles. The predicted octanol–water partition coefficient (Wildman–Crippen LogP) is 1.48. The van der Waals surface area contributed by atoms with Gasteiger partial charge in [-0.2, -0.15) is 13.2 Å². The normalized spacial score (nSPS) is 16.1. The van der Waals surface area contributed by atoms with Gasteiger partial charge in [-0.3, -0.25) is 0 Å². The molecule has 0 aliphatic heterocycles. The third-order valence-electron chi connectivity index (χ3n) is 1.92. The molecular weight excluding hydrogens is 209 g/mol. The molecule has 3 nitrogen and oxygen atoms in total. The molecule has 3 N–H and O–H groups in total. The summed E-state index contributed by atoms with van der Waals surface area (Å²) in [5, 5.41) is 9.12. The van der Waals surface area contributed by atoms with Crippen molar-refractivity contribution in [3.63, 3.8) is 0 Å². The van der Waals surface area contributed by atoms with E-state index in [1.807, 2.05) is 0 Å². The van der Waals surface area contributed by atoms with Gasteiger partial charge in [-0.25, -0.2) is 4.98 Å². The molecular formula is C9H11F3N2O. The van der Waals surface area contributed by atoms with Crippen LogP contribution in [-0.4, -0.2) is 16.2 Å². The number of nitrogens with two attached hydrogens (primary N) is 1. The molecule has 1 rings (SSSR count). The Hall–Kier alpha value is -1.14. The highest BCUT2D eigenvalue weighted by atomic mass is 19.4. The van der Waals surface area contributed by atoms with Gasteiger partial charge in [0.05, 0.1) is 17.8 Å². The number of nitrogens with zero attached hydrogens (tertiary/aromatic N) is 1. The fraction of sp³-hybridized carbons (Fsp3) is 0.444. The largest absolute Gasteiger partial charge is 0.433 e. The predicted molar refractivity (Wildman–Crippen MR) is 47.8 cm³/mol. The minimum absolute atomic E-state index is 0.0276.